The molecule has 0 aliphatic carbocycles. The van der Waals surface area contributed by atoms with Gasteiger partial charge in [-0.3, -0.25) is 4.57 Å². The Bertz CT molecular complexity index is 701. The Kier molecular flexibility index (Phi) is 3.59. The van der Waals surface area contributed by atoms with Gasteiger partial charge in [0.1, 0.15) is 6.33 Å². The van der Waals surface area contributed by atoms with Gasteiger partial charge in [-0.2, -0.15) is 4.80 Å². The predicted molar refractivity (Wildman–Crippen MR) is 68.7 cm³/mol. The van der Waals surface area contributed by atoms with Crippen molar-refractivity contribution in [2.24, 2.45) is 0 Å². The molecule has 0 aromatic carbocycles. The molecule has 2 aromatic heterocycles. The van der Waals surface area contributed by atoms with Gasteiger partial charge in [-0.25, -0.2) is 9.97 Å². The van der Waals surface area contributed by atoms with E-state index >= 15 is 0 Å². The first kappa shape index (κ1) is 14.3. The van der Waals surface area contributed by atoms with Crippen molar-refractivity contribution in [3.63, 3.8) is 0 Å². The second kappa shape index (κ2) is 5.28. The summed E-state index contributed by atoms with van der Waals surface area (Å²) in [6.07, 6.45) is 0.416. The predicted octanol–water partition coefficient (Wildman–Crippen LogP) is -0.410. The maximum Gasteiger partial charge on any atom is 0.351 e. The third-order valence-corrected chi connectivity index (χ3v) is 3.36. The van der Waals surface area contributed by atoms with Crippen LogP contribution in [0.3, 0.4) is 0 Å². The fourth-order valence-corrected chi connectivity index (χ4v) is 2.33. The number of ether oxygens (including phenoxy) is 2. The van der Waals surface area contributed by atoms with Crippen molar-refractivity contribution in [2.45, 2.75) is 25.4 Å². The molecule has 1 saturated heterocycles. The molecule has 0 unspecified atom stereocenters. The Labute approximate surface area is 118 Å². The van der Waals surface area contributed by atoms with E-state index in [1.807, 2.05) is 0 Å². The molecule has 1 aliphatic heterocycles. The van der Waals surface area contributed by atoms with E-state index in [2.05, 4.69) is 20.2 Å². The maximum atomic E-state index is 10.7. The lowest BCUT2D eigenvalue weighted by molar-refractivity contribution is -0.146. The first-order chi connectivity index (χ1) is 9.92. The van der Waals surface area contributed by atoms with E-state index in [4.69, 9.17) is 25.0 Å². The van der Waals surface area contributed by atoms with Crippen LogP contribution in [0.4, 0.5) is 5.82 Å². The normalized spacial score (nSPS) is 23.0. The minimum atomic E-state index is -4.21. The zero-order valence-corrected chi connectivity index (χ0v) is 11.6. The average molecular weight is 316 g/mol. The van der Waals surface area contributed by atoms with E-state index in [-0.39, 0.29) is 5.82 Å². The Hall–Kier alpha value is -1.65. The Balaban J connectivity index is 1.70. The van der Waals surface area contributed by atoms with Crippen molar-refractivity contribution in [1.29, 1.82) is 0 Å². The third-order valence-electron chi connectivity index (χ3n) is 2.88. The van der Waals surface area contributed by atoms with Gasteiger partial charge in [-0.15, -0.1) is 10.2 Å². The van der Waals surface area contributed by atoms with Crippen molar-refractivity contribution in [1.82, 2.24) is 25.0 Å². The van der Waals surface area contributed by atoms with Crippen molar-refractivity contribution in [3.05, 3.63) is 6.33 Å². The van der Waals surface area contributed by atoms with E-state index < -0.39 is 26.5 Å². The van der Waals surface area contributed by atoms with Crippen LogP contribution in [0.1, 0.15) is 19.1 Å². The second-order valence-corrected chi connectivity index (χ2v) is 6.10. The highest BCUT2D eigenvalue weighted by molar-refractivity contribution is 7.51. The van der Waals surface area contributed by atoms with Gasteiger partial charge in [0.2, 0.25) is 5.65 Å². The summed E-state index contributed by atoms with van der Waals surface area (Å²) in [6.45, 7) is 0. The molecule has 2 atom stereocenters. The molecule has 3 heterocycles. The Morgan fingerprint density at radius 1 is 1.43 bits per heavy atom. The van der Waals surface area contributed by atoms with Crippen LogP contribution < -0.4 is 5.73 Å². The summed E-state index contributed by atoms with van der Waals surface area (Å²) >= 11 is 0. The summed E-state index contributed by atoms with van der Waals surface area (Å²) in [6, 6.07) is 0. The number of nitrogens with two attached hydrogens (primary N) is 1. The van der Waals surface area contributed by atoms with E-state index in [0.29, 0.717) is 24.0 Å². The van der Waals surface area contributed by atoms with Gasteiger partial charge < -0.3 is 25.0 Å². The highest BCUT2D eigenvalue weighted by atomic mass is 31.2. The van der Waals surface area contributed by atoms with Crippen LogP contribution in [-0.2, 0) is 14.0 Å². The highest BCUT2D eigenvalue weighted by Crippen LogP contribution is 2.37. The van der Waals surface area contributed by atoms with Gasteiger partial charge in [0.15, 0.2) is 30.2 Å². The molecular weight excluding hydrogens is 303 g/mol. The van der Waals surface area contributed by atoms with Crippen LogP contribution >= 0.6 is 7.60 Å². The van der Waals surface area contributed by atoms with Crippen molar-refractivity contribution < 1.29 is 23.8 Å². The number of nitrogens with zero attached hydrogens (tertiary/aromatic N) is 5. The lowest BCUT2D eigenvalue weighted by Gasteiger charge is -2.13. The molecule has 21 heavy (non-hydrogen) atoms. The number of rotatable bonds is 4. The SMILES string of the molecule is Nc1ncnc2nn([C@H]3CC[C@@H](OCP(=O)(O)O)O3)nc12. The zero-order chi connectivity index (χ0) is 15.0. The number of nitrogen functional groups attached to an aromatic ring is 1. The molecule has 0 spiro atoms. The second-order valence-electron chi connectivity index (χ2n) is 4.51. The summed E-state index contributed by atoms with van der Waals surface area (Å²) < 4.78 is 21.3. The molecule has 0 saturated carbocycles. The standard InChI is InChI=1S/C9H13N6O5P/c10-8-7-9(12-3-11-8)14-15(13-7)5-1-2-6(20-5)19-4-21(16,17)18/h3,5-6H,1-2,4H2,(H2,16,17,18)(H2,10,11,12,14)/t5-,6+/m1/s1. The maximum absolute atomic E-state index is 10.7. The number of anilines is 1. The fourth-order valence-electron chi connectivity index (χ4n) is 1.97. The summed E-state index contributed by atoms with van der Waals surface area (Å²) in [5.74, 6) is 0.221. The van der Waals surface area contributed by atoms with Gasteiger partial charge in [0.25, 0.3) is 0 Å². The van der Waals surface area contributed by atoms with Gasteiger partial charge in [-0.05, 0) is 0 Å². The molecule has 0 radical (unpaired) electrons. The summed E-state index contributed by atoms with van der Waals surface area (Å²) in [7, 11) is -4.21. The molecule has 114 valence electrons. The first-order valence-corrected chi connectivity index (χ1v) is 7.87. The van der Waals surface area contributed by atoms with E-state index in [1.54, 1.807) is 0 Å². The largest absolute Gasteiger partial charge is 0.382 e. The summed E-state index contributed by atoms with van der Waals surface area (Å²) in [5, 5.41) is 8.30. The zero-order valence-electron chi connectivity index (χ0n) is 10.7. The molecule has 0 bridgehead atoms. The van der Waals surface area contributed by atoms with Crippen LogP contribution in [-0.4, -0.2) is 47.4 Å². The van der Waals surface area contributed by atoms with Crippen molar-refractivity contribution >= 4 is 24.6 Å². The molecule has 1 fully saturated rings. The first-order valence-electron chi connectivity index (χ1n) is 6.07. The third kappa shape index (κ3) is 3.17. The summed E-state index contributed by atoms with van der Waals surface area (Å²) in [5.41, 5.74) is 6.40. The van der Waals surface area contributed by atoms with Crippen LogP contribution in [0.2, 0.25) is 0 Å². The number of hydrogen-bond acceptors (Lipinski definition) is 8. The van der Waals surface area contributed by atoms with Crippen LogP contribution in [0, 0.1) is 0 Å². The van der Waals surface area contributed by atoms with E-state index in [9.17, 15) is 4.57 Å². The minimum absolute atomic E-state index is 0.221. The van der Waals surface area contributed by atoms with Crippen molar-refractivity contribution in [3.8, 4) is 0 Å². The van der Waals surface area contributed by atoms with Gasteiger partial charge in [0.05, 0.1) is 0 Å². The fraction of sp³-hybridized carbons (Fsp3) is 0.556. The van der Waals surface area contributed by atoms with Crippen LogP contribution in [0.15, 0.2) is 6.33 Å². The van der Waals surface area contributed by atoms with Crippen molar-refractivity contribution in [2.75, 3.05) is 12.1 Å². The van der Waals surface area contributed by atoms with Crippen LogP contribution in [0.25, 0.3) is 11.2 Å². The smallest absolute Gasteiger partial charge is 0.351 e. The molecule has 0 amide bonds. The molecular formula is C9H13N6O5P. The van der Waals surface area contributed by atoms with Gasteiger partial charge in [-0.1, -0.05) is 0 Å². The number of fused-ring (bicyclic) bond motifs is 1. The van der Waals surface area contributed by atoms with E-state index in [0.717, 1.165) is 0 Å². The molecule has 11 nitrogen and oxygen atoms in total. The molecule has 12 heteroatoms. The minimum Gasteiger partial charge on any atom is -0.382 e. The monoisotopic (exact) mass is 316 g/mol. The quantitative estimate of drug-likeness (QED) is 0.633. The Morgan fingerprint density at radius 2 is 2.24 bits per heavy atom. The van der Waals surface area contributed by atoms with E-state index in [1.165, 1.54) is 11.1 Å². The molecule has 3 rings (SSSR count). The Morgan fingerprint density at radius 3 is 2.95 bits per heavy atom. The molecule has 2 aromatic rings. The summed E-state index contributed by atoms with van der Waals surface area (Å²) in [4.78, 5) is 26.6. The molecule has 4 N–H and O–H groups in total. The lowest BCUT2D eigenvalue weighted by atomic mass is 10.3. The lowest BCUT2D eigenvalue weighted by Crippen LogP contribution is -2.16. The topological polar surface area (TPSA) is 158 Å². The number of aromatic nitrogens is 5. The van der Waals surface area contributed by atoms with Gasteiger partial charge >= 0.3 is 7.60 Å². The van der Waals surface area contributed by atoms with Crippen LogP contribution in [0.5, 0.6) is 0 Å². The highest BCUT2D eigenvalue weighted by Gasteiger charge is 2.30. The molecule has 1 aliphatic rings. The average Bonchev–Trinajstić information content (AvgIpc) is 3.02. The van der Waals surface area contributed by atoms with Gasteiger partial charge in [0, 0.05) is 12.8 Å². The number of hydrogen-bond donors (Lipinski definition) is 3.